The molecule has 1 aromatic rings. The molecular weight excluding hydrogens is 268 g/mol. The van der Waals surface area contributed by atoms with Crippen LogP contribution in [-0.2, 0) is 4.74 Å². The van der Waals surface area contributed by atoms with Crippen molar-refractivity contribution in [2.45, 2.75) is 31.3 Å². The third kappa shape index (κ3) is 3.60. The molecule has 6 nitrogen and oxygen atoms in total. The zero-order chi connectivity index (χ0) is 14.8. The lowest BCUT2D eigenvalue weighted by atomic mass is 10.1. The Morgan fingerprint density at radius 3 is 2.42 bits per heavy atom. The highest BCUT2D eigenvalue weighted by atomic mass is 32.2. The summed E-state index contributed by atoms with van der Waals surface area (Å²) >= 11 is 1.28. The molecule has 0 fully saturated rings. The Balaban J connectivity index is 3.35. The van der Waals surface area contributed by atoms with E-state index in [0.29, 0.717) is 4.90 Å². The van der Waals surface area contributed by atoms with E-state index in [1.165, 1.54) is 23.9 Å². The maximum Gasteiger partial charge on any atom is 0.342 e. The molecule has 0 heterocycles. The first-order valence-electron chi connectivity index (χ1n) is 5.51. The summed E-state index contributed by atoms with van der Waals surface area (Å²) in [5.41, 5.74) is 4.63. The van der Waals surface area contributed by atoms with Gasteiger partial charge in [-0.2, -0.15) is 0 Å². The minimum absolute atomic E-state index is 0.0524. The van der Waals surface area contributed by atoms with Crippen LogP contribution in [0.5, 0.6) is 0 Å². The zero-order valence-electron chi connectivity index (χ0n) is 11.2. The summed E-state index contributed by atoms with van der Waals surface area (Å²) in [6.45, 7) is 5.16. The number of anilines is 1. The van der Waals surface area contributed by atoms with Crippen molar-refractivity contribution < 1.29 is 14.5 Å². The Labute approximate surface area is 115 Å². The van der Waals surface area contributed by atoms with E-state index in [-0.39, 0.29) is 16.9 Å². The highest BCUT2D eigenvalue weighted by molar-refractivity contribution is 7.98. The number of esters is 1. The Bertz CT molecular complexity index is 523. The average Bonchev–Trinajstić information content (AvgIpc) is 2.25. The lowest BCUT2D eigenvalue weighted by Gasteiger charge is -2.20. The van der Waals surface area contributed by atoms with Crippen molar-refractivity contribution in [1.82, 2.24) is 0 Å². The van der Waals surface area contributed by atoms with Gasteiger partial charge in [-0.15, -0.1) is 11.8 Å². The van der Waals surface area contributed by atoms with Gasteiger partial charge in [-0.05, 0) is 33.1 Å². The molecule has 0 atom stereocenters. The molecule has 0 bridgehead atoms. The summed E-state index contributed by atoms with van der Waals surface area (Å²) in [5, 5.41) is 10.8. The fourth-order valence-corrected chi connectivity index (χ4v) is 2.06. The molecule has 7 heteroatoms. The smallest absolute Gasteiger partial charge is 0.342 e. The van der Waals surface area contributed by atoms with Gasteiger partial charge in [0, 0.05) is 11.0 Å². The molecule has 1 aromatic carbocycles. The summed E-state index contributed by atoms with van der Waals surface area (Å²) in [6, 6.07) is 2.79. The van der Waals surface area contributed by atoms with Gasteiger partial charge < -0.3 is 10.5 Å². The van der Waals surface area contributed by atoms with Crippen molar-refractivity contribution in [3.8, 4) is 0 Å². The maximum atomic E-state index is 12.1. The molecule has 0 saturated carbocycles. The number of nitro benzene ring substituents is 1. The highest BCUT2D eigenvalue weighted by Crippen LogP contribution is 2.33. The summed E-state index contributed by atoms with van der Waals surface area (Å²) < 4.78 is 5.23. The normalized spacial score (nSPS) is 11.2. The average molecular weight is 284 g/mol. The van der Waals surface area contributed by atoms with Gasteiger partial charge >= 0.3 is 5.97 Å². The van der Waals surface area contributed by atoms with Gasteiger partial charge in [-0.3, -0.25) is 10.1 Å². The molecule has 0 aliphatic carbocycles. The molecular formula is C12H16N2O4S. The van der Waals surface area contributed by atoms with Crippen LogP contribution >= 0.6 is 11.8 Å². The van der Waals surface area contributed by atoms with Crippen molar-refractivity contribution in [2.24, 2.45) is 0 Å². The summed E-state index contributed by atoms with van der Waals surface area (Å²) in [7, 11) is 0. The van der Waals surface area contributed by atoms with Gasteiger partial charge in [0.1, 0.15) is 16.9 Å². The van der Waals surface area contributed by atoms with E-state index >= 15 is 0 Å². The van der Waals surface area contributed by atoms with E-state index < -0.39 is 16.5 Å². The summed E-state index contributed by atoms with van der Waals surface area (Å²) in [4.78, 5) is 22.9. The van der Waals surface area contributed by atoms with Gasteiger partial charge in [0.25, 0.3) is 5.69 Å². The minimum Gasteiger partial charge on any atom is -0.456 e. The number of benzene rings is 1. The lowest BCUT2D eigenvalue weighted by molar-refractivity contribution is -0.384. The zero-order valence-corrected chi connectivity index (χ0v) is 12.0. The third-order valence-corrected chi connectivity index (χ3v) is 2.98. The second-order valence-electron chi connectivity index (χ2n) is 4.83. The maximum absolute atomic E-state index is 12.1. The fraction of sp³-hybridized carbons (Fsp3) is 0.417. The first-order valence-corrected chi connectivity index (χ1v) is 6.74. The van der Waals surface area contributed by atoms with Gasteiger partial charge in [-0.1, -0.05) is 0 Å². The van der Waals surface area contributed by atoms with E-state index in [2.05, 4.69) is 0 Å². The van der Waals surface area contributed by atoms with Crippen LogP contribution in [0.3, 0.4) is 0 Å². The lowest BCUT2D eigenvalue weighted by Crippen LogP contribution is -2.25. The van der Waals surface area contributed by atoms with Crippen LogP contribution in [0, 0.1) is 10.1 Å². The largest absolute Gasteiger partial charge is 0.456 e. The number of nitrogens with zero attached hydrogens (tertiary/aromatic N) is 1. The van der Waals surface area contributed by atoms with E-state index in [0.717, 1.165) is 0 Å². The second kappa shape index (κ2) is 5.48. The molecule has 2 N–H and O–H groups in total. The van der Waals surface area contributed by atoms with Crippen molar-refractivity contribution in [2.75, 3.05) is 12.0 Å². The van der Waals surface area contributed by atoms with E-state index in [4.69, 9.17) is 10.5 Å². The number of hydrogen-bond acceptors (Lipinski definition) is 6. The number of nitro groups is 1. The number of carbonyl (C=O) groups excluding carboxylic acids is 1. The number of ether oxygens (including phenoxy) is 1. The Morgan fingerprint density at radius 1 is 1.42 bits per heavy atom. The predicted molar refractivity (Wildman–Crippen MR) is 74.5 cm³/mol. The Kier molecular flexibility index (Phi) is 4.41. The predicted octanol–water partition coefficient (Wildman–Crippen LogP) is 2.85. The van der Waals surface area contributed by atoms with Crippen molar-refractivity contribution in [1.29, 1.82) is 0 Å². The molecule has 0 aliphatic rings. The van der Waals surface area contributed by atoms with Gasteiger partial charge in [0.05, 0.1) is 4.92 Å². The molecule has 19 heavy (non-hydrogen) atoms. The second-order valence-corrected chi connectivity index (χ2v) is 5.68. The first kappa shape index (κ1) is 15.3. The molecule has 0 aliphatic heterocycles. The molecule has 0 amide bonds. The quantitative estimate of drug-likeness (QED) is 0.301. The SMILES string of the molecule is CSc1ccc([N+](=O)[O-])c(N)c1C(=O)OC(C)(C)C. The Morgan fingerprint density at radius 2 is 2.00 bits per heavy atom. The van der Waals surface area contributed by atoms with Crippen LogP contribution in [0.15, 0.2) is 17.0 Å². The topological polar surface area (TPSA) is 95.5 Å². The van der Waals surface area contributed by atoms with Crippen LogP contribution < -0.4 is 5.73 Å². The summed E-state index contributed by atoms with van der Waals surface area (Å²) in [5.74, 6) is -0.655. The van der Waals surface area contributed by atoms with Crippen LogP contribution in [0.4, 0.5) is 11.4 Å². The van der Waals surface area contributed by atoms with Gasteiger partial charge in [0.15, 0.2) is 0 Å². The van der Waals surface area contributed by atoms with Crippen LogP contribution in [0.25, 0.3) is 0 Å². The van der Waals surface area contributed by atoms with Gasteiger partial charge in [-0.25, -0.2) is 4.79 Å². The fourth-order valence-electron chi connectivity index (χ4n) is 1.46. The van der Waals surface area contributed by atoms with E-state index in [1.807, 2.05) is 0 Å². The molecule has 0 spiro atoms. The molecule has 0 unspecified atom stereocenters. The molecule has 0 saturated heterocycles. The first-order chi connectivity index (χ1) is 8.67. The minimum atomic E-state index is -0.691. The Hall–Kier alpha value is -1.76. The van der Waals surface area contributed by atoms with Crippen LogP contribution in [0.2, 0.25) is 0 Å². The molecule has 0 aromatic heterocycles. The number of thioether (sulfide) groups is 1. The standard InChI is InChI=1S/C12H16N2O4S/c1-12(2,3)18-11(15)9-8(19-4)6-5-7(10(9)13)14(16)17/h5-6H,13H2,1-4H3. The van der Waals surface area contributed by atoms with Crippen molar-refractivity contribution >= 4 is 29.1 Å². The van der Waals surface area contributed by atoms with Crippen molar-refractivity contribution in [3.63, 3.8) is 0 Å². The number of hydrogen-bond donors (Lipinski definition) is 1. The van der Waals surface area contributed by atoms with E-state index in [1.54, 1.807) is 27.0 Å². The number of nitrogens with two attached hydrogens (primary N) is 1. The third-order valence-electron chi connectivity index (χ3n) is 2.20. The number of nitrogen functional groups attached to an aromatic ring is 1. The monoisotopic (exact) mass is 284 g/mol. The molecule has 104 valence electrons. The number of rotatable bonds is 3. The molecule has 0 radical (unpaired) electrons. The highest BCUT2D eigenvalue weighted by Gasteiger charge is 2.27. The van der Waals surface area contributed by atoms with Gasteiger partial charge in [0.2, 0.25) is 0 Å². The van der Waals surface area contributed by atoms with Crippen LogP contribution in [-0.4, -0.2) is 22.7 Å². The van der Waals surface area contributed by atoms with E-state index in [9.17, 15) is 14.9 Å². The van der Waals surface area contributed by atoms with Crippen LogP contribution in [0.1, 0.15) is 31.1 Å². The summed E-state index contributed by atoms with van der Waals surface area (Å²) in [6.07, 6.45) is 1.76. The van der Waals surface area contributed by atoms with Crippen molar-refractivity contribution in [3.05, 3.63) is 27.8 Å². The molecule has 1 rings (SSSR count). The number of carbonyl (C=O) groups is 1.